The number of fused-ring (bicyclic) bond motifs is 1. The minimum absolute atomic E-state index is 0.189. The van der Waals surface area contributed by atoms with E-state index in [0.717, 1.165) is 12.1 Å². The lowest BCUT2D eigenvalue weighted by molar-refractivity contribution is -0.137. The second-order valence-electron chi connectivity index (χ2n) is 7.61. The predicted octanol–water partition coefficient (Wildman–Crippen LogP) is 6.22. The van der Waals surface area contributed by atoms with Crippen LogP contribution < -0.4 is 10.1 Å². The highest BCUT2D eigenvalue weighted by Gasteiger charge is 2.45. The maximum atomic E-state index is 14.7. The quantitative estimate of drug-likeness (QED) is 0.533. The zero-order valence-electron chi connectivity index (χ0n) is 15.8. The van der Waals surface area contributed by atoms with E-state index in [2.05, 4.69) is 5.32 Å². The third-order valence-corrected chi connectivity index (χ3v) is 5.93. The molecule has 1 unspecified atom stereocenters. The van der Waals surface area contributed by atoms with Gasteiger partial charge >= 0.3 is 12.2 Å². The first kappa shape index (κ1) is 20.8. The van der Waals surface area contributed by atoms with Crippen LogP contribution in [0.4, 0.5) is 28.0 Å². The van der Waals surface area contributed by atoms with Gasteiger partial charge < -0.3 is 15.0 Å². The first-order valence-electron chi connectivity index (χ1n) is 9.52. The van der Waals surface area contributed by atoms with Crippen molar-refractivity contribution >= 4 is 23.3 Å². The van der Waals surface area contributed by atoms with Crippen molar-refractivity contribution in [1.29, 1.82) is 0 Å². The third-order valence-electron chi connectivity index (χ3n) is 5.63. The van der Waals surface area contributed by atoms with Gasteiger partial charge in [-0.1, -0.05) is 23.7 Å². The molecule has 2 heterocycles. The number of halogens is 5. The molecule has 1 fully saturated rings. The molecule has 0 bridgehead atoms. The fourth-order valence-electron chi connectivity index (χ4n) is 3.94. The van der Waals surface area contributed by atoms with Gasteiger partial charge in [-0.15, -0.1) is 0 Å². The lowest BCUT2D eigenvalue weighted by atomic mass is 9.82. The smallest absolute Gasteiger partial charge is 0.416 e. The van der Waals surface area contributed by atoms with E-state index >= 15 is 0 Å². The molecule has 160 valence electrons. The Morgan fingerprint density at radius 2 is 1.80 bits per heavy atom. The van der Waals surface area contributed by atoms with Gasteiger partial charge in [-0.05, 0) is 30.3 Å². The minimum Gasteiger partial charge on any atom is -0.485 e. The number of amides is 2. The van der Waals surface area contributed by atoms with Crippen molar-refractivity contribution < 1.29 is 27.1 Å². The number of carbonyl (C=O) groups excluding carboxylic acids is 1. The van der Waals surface area contributed by atoms with E-state index in [1.54, 1.807) is 23.1 Å². The molecule has 1 atom stereocenters. The number of likely N-dealkylation sites (tertiary alicyclic amines) is 1. The lowest BCUT2D eigenvalue weighted by Crippen LogP contribution is -2.52. The van der Waals surface area contributed by atoms with Crippen LogP contribution in [0.3, 0.4) is 0 Å². The maximum absolute atomic E-state index is 14.7. The zero-order chi connectivity index (χ0) is 21.5. The summed E-state index contributed by atoms with van der Waals surface area (Å²) in [7, 11) is 0. The van der Waals surface area contributed by atoms with Gasteiger partial charge in [-0.3, -0.25) is 0 Å². The number of para-hydroxylation sites is 1. The number of nitrogens with zero attached hydrogens (tertiary/aromatic N) is 1. The Kier molecular flexibility index (Phi) is 5.30. The molecule has 30 heavy (non-hydrogen) atoms. The number of piperidine rings is 1. The Morgan fingerprint density at radius 1 is 1.13 bits per heavy atom. The van der Waals surface area contributed by atoms with Gasteiger partial charge in [0.25, 0.3) is 0 Å². The van der Waals surface area contributed by atoms with Crippen LogP contribution in [-0.4, -0.2) is 29.6 Å². The van der Waals surface area contributed by atoms with Gasteiger partial charge in [0.05, 0.1) is 10.6 Å². The number of nitrogens with one attached hydrogen (secondary N) is 1. The molecule has 0 saturated carbocycles. The van der Waals surface area contributed by atoms with Crippen LogP contribution in [0.25, 0.3) is 0 Å². The average Bonchev–Trinajstić information content (AvgIpc) is 2.69. The van der Waals surface area contributed by atoms with E-state index < -0.39 is 29.5 Å². The molecule has 9 heteroatoms. The molecule has 2 aliphatic heterocycles. The maximum Gasteiger partial charge on any atom is 0.416 e. The first-order chi connectivity index (χ1) is 14.2. The third kappa shape index (κ3) is 4.05. The number of hydrogen-bond donors (Lipinski definition) is 1. The molecule has 2 aromatic carbocycles. The van der Waals surface area contributed by atoms with Crippen molar-refractivity contribution in [3.8, 4) is 5.75 Å². The number of carbonyl (C=O) groups is 1. The lowest BCUT2D eigenvalue weighted by Gasteiger charge is -2.45. The number of alkyl halides is 4. The normalized spacial score (nSPS) is 20.4. The van der Waals surface area contributed by atoms with Crippen LogP contribution in [0.1, 0.15) is 36.6 Å². The average molecular weight is 443 g/mol. The Labute approximate surface area is 175 Å². The molecule has 1 saturated heterocycles. The number of rotatable bonds is 1. The van der Waals surface area contributed by atoms with Crippen LogP contribution in [0, 0.1) is 0 Å². The zero-order valence-corrected chi connectivity index (χ0v) is 16.6. The van der Waals surface area contributed by atoms with E-state index in [-0.39, 0.29) is 12.1 Å². The number of urea groups is 1. The van der Waals surface area contributed by atoms with Crippen LogP contribution in [0.15, 0.2) is 42.5 Å². The van der Waals surface area contributed by atoms with Gasteiger partial charge in [0, 0.05) is 43.6 Å². The summed E-state index contributed by atoms with van der Waals surface area (Å²) in [6, 6.07) is 8.83. The van der Waals surface area contributed by atoms with Crippen LogP contribution >= 0.6 is 11.6 Å². The van der Waals surface area contributed by atoms with E-state index in [1.165, 1.54) is 12.1 Å². The molecular weight excluding hydrogens is 424 g/mol. The summed E-state index contributed by atoms with van der Waals surface area (Å²) in [5.41, 5.74) is -0.806. The summed E-state index contributed by atoms with van der Waals surface area (Å²) in [6.45, 7) is 0.665. The van der Waals surface area contributed by atoms with Gasteiger partial charge in [-0.25, -0.2) is 9.18 Å². The van der Waals surface area contributed by atoms with Crippen LogP contribution in [0.5, 0.6) is 5.75 Å². The van der Waals surface area contributed by atoms with Gasteiger partial charge in [0.15, 0.2) is 0 Å². The minimum atomic E-state index is -4.43. The first-order valence-corrected chi connectivity index (χ1v) is 9.89. The molecule has 0 aliphatic carbocycles. The standard InChI is InChI=1S/C21H19ClF4N2O2/c22-16-3-1-2-15-17(23)12-20(30-18(15)16)8-10-28(11-9-20)19(29)27-14-6-4-13(5-7-14)21(24,25)26/h1-7,17H,8-12H2,(H,27,29). The van der Waals surface area contributed by atoms with Crippen molar-refractivity contribution in [1.82, 2.24) is 4.90 Å². The second kappa shape index (κ2) is 7.65. The molecule has 0 radical (unpaired) electrons. The number of anilines is 1. The fraction of sp³-hybridized carbons (Fsp3) is 0.381. The molecule has 4 rings (SSSR count). The highest BCUT2D eigenvalue weighted by atomic mass is 35.5. The summed E-state index contributed by atoms with van der Waals surface area (Å²) >= 11 is 6.18. The van der Waals surface area contributed by atoms with Crippen molar-refractivity contribution in [2.75, 3.05) is 18.4 Å². The molecular formula is C21H19ClF4N2O2. The number of ether oxygens (including phenoxy) is 1. The Morgan fingerprint density at radius 3 is 2.43 bits per heavy atom. The Bertz CT molecular complexity index is 941. The van der Waals surface area contributed by atoms with Gasteiger partial charge in [-0.2, -0.15) is 13.2 Å². The van der Waals surface area contributed by atoms with Crippen molar-refractivity contribution in [2.24, 2.45) is 0 Å². The highest BCUT2D eigenvalue weighted by molar-refractivity contribution is 6.32. The summed E-state index contributed by atoms with van der Waals surface area (Å²) < 4.78 is 58.8. The van der Waals surface area contributed by atoms with Crippen molar-refractivity contribution in [3.05, 3.63) is 58.6 Å². The summed E-state index contributed by atoms with van der Waals surface area (Å²) in [6.07, 6.45) is -4.58. The molecule has 0 aromatic heterocycles. The monoisotopic (exact) mass is 442 g/mol. The van der Waals surface area contributed by atoms with Crippen LogP contribution in [-0.2, 0) is 6.18 Å². The predicted molar refractivity (Wildman–Crippen MR) is 105 cm³/mol. The molecule has 2 aromatic rings. The van der Waals surface area contributed by atoms with E-state index in [4.69, 9.17) is 16.3 Å². The van der Waals surface area contributed by atoms with Gasteiger partial charge in [0.2, 0.25) is 0 Å². The van der Waals surface area contributed by atoms with E-state index in [9.17, 15) is 22.4 Å². The van der Waals surface area contributed by atoms with E-state index in [0.29, 0.717) is 42.3 Å². The second-order valence-corrected chi connectivity index (χ2v) is 8.01. The van der Waals surface area contributed by atoms with Crippen LogP contribution in [0.2, 0.25) is 5.02 Å². The largest absolute Gasteiger partial charge is 0.485 e. The molecule has 2 aliphatic rings. The van der Waals surface area contributed by atoms with E-state index in [1.807, 2.05) is 0 Å². The highest BCUT2D eigenvalue weighted by Crippen LogP contribution is 2.48. The number of hydrogen-bond acceptors (Lipinski definition) is 2. The Balaban J connectivity index is 1.39. The molecule has 1 spiro atoms. The molecule has 4 nitrogen and oxygen atoms in total. The summed E-state index contributed by atoms with van der Waals surface area (Å²) in [4.78, 5) is 14.0. The molecule has 1 N–H and O–H groups in total. The topological polar surface area (TPSA) is 41.6 Å². The fourth-order valence-corrected chi connectivity index (χ4v) is 4.16. The SMILES string of the molecule is O=C(Nc1ccc(C(F)(F)F)cc1)N1CCC2(CC1)CC(F)c1cccc(Cl)c1O2. The summed E-state index contributed by atoms with van der Waals surface area (Å²) in [5.74, 6) is 0.362. The Hall–Kier alpha value is -2.48. The van der Waals surface area contributed by atoms with Crippen molar-refractivity contribution in [3.63, 3.8) is 0 Å². The molecule has 2 amide bonds. The summed E-state index contributed by atoms with van der Waals surface area (Å²) in [5, 5.41) is 2.96. The van der Waals surface area contributed by atoms with Crippen molar-refractivity contribution in [2.45, 2.75) is 37.2 Å². The van der Waals surface area contributed by atoms with Gasteiger partial charge in [0.1, 0.15) is 17.5 Å². The number of benzene rings is 2.